The Labute approximate surface area is 97.7 Å². The van der Waals surface area contributed by atoms with Crippen molar-refractivity contribution >= 4 is 11.8 Å². The molecule has 0 saturated carbocycles. The molecule has 0 radical (unpaired) electrons. The Hall–Kier alpha value is 0.230. The second kappa shape index (κ2) is 7.49. The first kappa shape index (κ1) is 13.3. The Morgan fingerprint density at radius 2 is 2.40 bits per heavy atom. The summed E-state index contributed by atoms with van der Waals surface area (Å²) in [5.41, 5.74) is 5.91. The maximum atomic E-state index is 5.91. The van der Waals surface area contributed by atoms with Crippen molar-refractivity contribution in [3.8, 4) is 0 Å². The number of likely N-dealkylation sites (N-methyl/N-ethyl adjacent to an activating group) is 1. The first-order valence-electron chi connectivity index (χ1n) is 5.84. The third-order valence-electron chi connectivity index (χ3n) is 3.21. The number of rotatable bonds is 7. The number of nitrogens with zero attached hydrogens (tertiary/aromatic N) is 1. The molecule has 4 heteroatoms. The molecule has 1 saturated heterocycles. The van der Waals surface area contributed by atoms with Gasteiger partial charge in [0.2, 0.25) is 0 Å². The second-order valence-electron chi connectivity index (χ2n) is 4.05. The van der Waals surface area contributed by atoms with Crippen molar-refractivity contribution in [2.75, 3.05) is 44.9 Å². The van der Waals surface area contributed by atoms with E-state index in [0.29, 0.717) is 6.04 Å². The van der Waals surface area contributed by atoms with Gasteiger partial charge in [-0.15, -0.1) is 0 Å². The van der Waals surface area contributed by atoms with Gasteiger partial charge in [-0.05, 0) is 30.4 Å². The summed E-state index contributed by atoms with van der Waals surface area (Å²) >= 11 is 2.06. The van der Waals surface area contributed by atoms with E-state index in [4.69, 9.17) is 10.5 Å². The summed E-state index contributed by atoms with van der Waals surface area (Å²) in [6, 6.07) is 0.556. The molecule has 1 heterocycles. The van der Waals surface area contributed by atoms with E-state index in [0.717, 1.165) is 32.2 Å². The van der Waals surface area contributed by atoms with E-state index < -0.39 is 0 Å². The number of methoxy groups -OCH3 is 1. The van der Waals surface area contributed by atoms with Gasteiger partial charge < -0.3 is 10.5 Å². The lowest BCUT2D eigenvalue weighted by Crippen LogP contribution is -2.47. The molecule has 0 spiro atoms. The van der Waals surface area contributed by atoms with Crippen LogP contribution in [0.5, 0.6) is 0 Å². The fourth-order valence-corrected chi connectivity index (χ4v) is 3.59. The maximum Gasteiger partial charge on any atom is 0.0589 e. The van der Waals surface area contributed by atoms with Crippen molar-refractivity contribution in [2.45, 2.75) is 19.4 Å². The standard InChI is InChI=1S/C11H24N2OS/c1-3-13(5-6-14-2)11(8-12)10-4-7-15-9-10/h10-11H,3-9,12H2,1-2H3. The van der Waals surface area contributed by atoms with E-state index in [1.807, 2.05) is 0 Å². The summed E-state index contributed by atoms with van der Waals surface area (Å²) in [4.78, 5) is 2.47. The lowest BCUT2D eigenvalue weighted by Gasteiger charge is -2.33. The third-order valence-corrected chi connectivity index (χ3v) is 4.40. The average Bonchev–Trinajstić information content (AvgIpc) is 2.77. The molecule has 1 aliphatic rings. The minimum absolute atomic E-state index is 0.556. The van der Waals surface area contributed by atoms with Crippen molar-refractivity contribution in [3.05, 3.63) is 0 Å². The largest absolute Gasteiger partial charge is 0.383 e. The predicted octanol–water partition coefficient (Wildman–Crippen LogP) is 1.04. The Bertz CT molecular complexity index is 163. The van der Waals surface area contributed by atoms with Gasteiger partial charge >= 0.3 is 0 Å². The van der Waals surface area contributed by atoms with Crippen LogP contribution in [0.25, 0.3) is 0 Å². The Morgan fingerprint density at radius 3 is 2.87 bits per heavy atom. The van der Waals surface area contributed by atoms with E-state index in [-0.39, 0.29) is 0 Å². The molecular weight excluding hydrogens is 208 g/mol. The van der Waals surface area contributed by atoms with Gasteiger partial charge in [0, 0.05) is 26.2 Å². The first-order valence-corrected chi connectivity index (χ1v) is 6.99. The molecule has 1 fully saturated rings. The van der Waals surface area contributed by atoms with E-state index in [9.17, 15) is 0 Å². The van der Waals surface area contributed by atoms with Gasteiger partial charge in [-0.1, -0.05) is 6.92 Å². The number of thioether (sulfide) groups is 1. The maximum absolute atomic E-state index is 5.91. The highest BCUT2D eigenvalue weighted by molar-refractivity contribution is 7.99. The van der Waals surface area contributed by atoms with Crippen LogP contribution in [0.3, 0.4) is 0 Å². The molecule has 0 bridgehead atoms. The minimum atomic E-state index is 0.556. The van der Waals surface area contributed by atoms with Crippen molar-refractivity contribution in [3.63, 3.8) is 0 Å². The lowest BCUT2D eigenvalue weighted by molar-refractivity contribution is 0.106. The van der Waals surface area contributed by atoms with E-state index in [1.54, 1.807) is 7.11 Å². The smallest absolute Gasteiger partial charge is 0.0589 e. The van der Waals surface area contributed by atoms with Crippen LogP contribution in [-0.2, 0) is 4.74 Å². The van der Waals surface area contributed by atoms with Crippen LogP contribution in [0.4, 0.5) is 0 Å². The summed E-state index contributed by atoms with van der Waals surface area (Å²) < 4.78 is 5.14. The van der Waals surface area contributed by atoms with Crippen molar-refractivity contribution in [2.24, 2.45) is 11.7 Å². The molecule has 0 aromatic rings. The topological polar surface area (TPSA) is 38.5 Å². The van der Waals surface area contributed by atoms with Crippen LogP contribution in [0.2, 0.25) is 0 Å². The minimum Gasteiger partial charge on any atom is -0.383 e. The number of nitrogens with two attached hydrogens (primary N) is 1. The van der Waals surface area contributed by atoms with E-state index >= 15 is 0 Å². The first-order chi connectivity index (χ1) is 7.33. The summed E-state index contributed by atoms with van der Waals surface area (Å²) in [6.45, 7) is 5.88. The van der Waals surface area contributed by atoms with Gasteiger partial charge in [-0.3, -0.25) is 4.90 Å². The van der Waals surface area contributed by atoms with E-state index in [1.165, 1.54) is 17.9 Å². The molecule has 0 aliphatic carbocycles. The van der Waals surface area contributed by atoms with Crippen LogP contribution in [0.1, 0.15) is 13.3 Å². The monoisotopic (exact) mass is 232 g/mol. The number of hydrogen-bond donors (Lipinski definition) is 1. The zero-order valence-corrected chi connectivity index (χ0v) is 10.8. The quantitative estimate of drug-likeness (QED) is 0.712. The normalized spacial score (nSPS) is 23.6. The van der Waals surface area contributed by atoms with Crippen LogP contribution in [-0.4, -0.2) is 55.8 Å². The van der Waals surface area contributed by atoms with Crippen molar-refractivity contribution < 1.29 is 4.74 Å². The molecule has 1 aliphatic heterocycles. The number of hydrogen-bond acceptors (Lipinski definition) is 4. The van der Waals surface area contributed by atoms with E-state index in [2.05, 4.69) is 23.6 Å². The Morgan fingerprint density at radius 1 is 1.60 bits per heavy atom. The molecule has 90 valence electrons. The molecule has 15 heavy (non-hydrogen) atoms. The van der Waals surface area contributed by atoms with Gasteiger partial charge in [-0.2, -0.15) is 11.8 Å². The van der Waals surface area contributed by atoms with Crippen LogP contribution in [0, 0.1) is 5.92 Å². The van der Waals surface area contributed by atoms with Crippen molar-refractivity contribution in [1.82, 2.24) is 4.90 Å². The highest BCUT2D eigenvalue weighted by Gasteiger charge is 2.28. The predicted molar refractivity (Wildman–Crippen MR) is 67.4 cm³/mol. The molecule has 2 unspecified atom stereocenters. The highest BCUT2D eigenvalue weighted by atomic mass is 32.2. The van der Waals surface area contributed by atoms with Crippen LogP contribution >= 0.6 is 11.8 Å². The molecule has 1 rings (SSSR count). The summed E-state index contributed by atoms with van der Waals surface area (Å²) in [7, 11) is 1.76. The Kier molecular flexibility index (Phi) is 6.64. The van der Waals surface area contributed by atoms with Gasteiger partial charge in [0.15, 0.2) is 0 Å². The average molecular weight is 232 g/mol. The molecular formula is C11H24N2OS. The van der Waals surface area contributed by atoms with Crippen molar-refractivity contribution in [1.29, 1.82) is 0 Å². The highest BCUT2D eigenvalue weighted by Crippen LogP contribution is 2.28. The van der Waals surface area contributed by atoms with Crippen LogP contribution in [0.15, 0.2) is 0 Å². The fourth-order valence-electron chi connectivity index (χ4n) is 2.26. The fraction of sp³-hybridized carbons (Fsp3) is 1.00. The van der Waals surface area contributed by atoms with Gasteiger partial charge in [0.1, 0.15) is 0 Å². The molecule has 2 N–H and O–H groups in total. The molecule has 2 atom stereocenters. The Balaban J connectivity index is 2.44. The molecule has 3 nitrogen and oxygen atoms in total. The molecule has 0 aromatic heterocycles. The van der Waals surface area contributed by atoms with Gasteiger partial charge in [-0.25, -0.2) is 0 Å². The van der Waals surface area contributed by atoms with Crippen LogP contribution < -0.4 is 5.73 Å². The summed E-state index contributed by atoms with van der Waals surface area (Å²) in [5, 5.41) is 0. The summed E-state index contributed by atoms with van der Waals surface area (Å²) in [5.74, 6) is 3.38. The number of ether oxygens (including phenoxy) is 1. The third kappa shape index (κ3) is 3.94. The van der Waals surface area contributed by atoms with Gasteiger partial charge in [0.25, 0.3) is 0 Å². The molecule has 0 amide bonds. The lowest BCUT2D eigenvalue weighted by atomic mass is 9.97. The summed E-state index contributed by atoms with van der Waals surface area (Å²) in [6.07, 6.45) is 1.33. The zero-order chi connectivity index (χ0) is 11.1. The van der Waals surface area contributed by atoms with Gasteiger partial charge in [0.05, 0.1) is 6.61 Å². The molecule has 0 aromatic carbocycles. The second-order valence-corrected chi connectivity index (χ2v) is 5.20. The SMILES string of the molecule is CCN(CCOC)C(CN)C1CCSC1. The zero-order valence-electron chi connectivity index (χ0n) is 9.95.